The largest absolute Gasteiger partial charge is 0.320 e. The molecule has 0 saturated heterocycles. The van der Waals surface area contributed by atoms with Crippen LogP contribution in [-0.4, -0.2) is 20.7 Å². The third-order valence-corrected chi connectivity index (χ3v) is 2.67. The number of amides is 1. The third kappa shape index (κ3) is 2.56. The maximum atomic E-state index is 12.0. The van der Waals surface area contributed by atoms with Crippen molar-refractivity contribution in [3.63, 3.8) is 0 Å². The second kappa shape index (κ2) is 5.00. The number of pyridine rings is 1. The molecule has 2 aromatic rings. The van der Waals surface area contributed by atoms with Gasteiger partial charge in [-0.05, 0) is 39.0 Å². The molecule has 18 heavy (non-hydrogen) atoms. The first kappa shape index (κ1) is 12.3. The van der Waals surface area contributed by atoms with Crippen molar-refractivity contribution in [1.82, 2.24) is 14.8 Å². The van der Waals surface area contributed by atoms with Crippen molar-refractivity contribution in [2.75, 3.05) is 5.32 Å². The van der Waals surface area contributed by atoms with Gasteiger partial charge in [-0.1, -0.05) is 0 Å². The molecule has 2 heterocycles. The van der Waals surface area contributed by atoms with E-state index in [1.165, 1.54) is 0 Å². The first-order valence-corrected chi connectivity index (χ1v) is 5.88. The van der Waals surface area contributed by atoms with Crippen LogP contribution in [0.1, 0.15) is 28.8 Å². The van der Waals surface area contributed by atoms with Crippen LogP contribution in [0.5, 0.6) is 0 Å². The van der Waals surface area contributed by atoms with Crippen LogP contribution in [-0.2, 0) is 6.54 Å². The summed E-state index contributed by atoms with van der Waals surface area (Å²) in [6.45, 7) is 6.57. The second-order valence-electron chi connectivity index (χ2n) is 4.13. The van der Waals surface area contributed by atoms with E-state index in [2.05, 4.69) is 15.4 Å². The minimum atomic E-state index is -0.198. The van der Waals surface area contributed by atoms with Crippen LogP contribution in [0, 0.1) is 13.8 Å². The van der Waals surface area contributed by atoms with E-state index in [0.29, 0.717) is 5.69 Å². The van der Waals surface area contributed by atoms with Crippen molar-refractivity contribution in [1.29, 1.82) is 0 Å². The first-order valence-electron chi connectivity index (χ1n) is 5.88. The van der Waals surface area contributed by atoms with E-state index in [4.69, 9.17) is 0 Å². The van der Waals surface area contributed by atoms with Crippen LogP contribution in [0.4, 0.5) is 5.69 Å². The van der Waals surface area contributed by atoms with Crippen LogP contribution in [0.3, 0.4) is 0 Å². The predicted molar refractivity (Wildman–Crippen MR) is 69.6 cm³/mol. The van der Waals surface area contributed by atoms with Gasteiger partial charge >= 0.3 is 0 Å². The Labute approximate surface area is 106 Å². The third-order valence-electron chi connectivity index (χ3n) is 2.67. The van der Waals surface area contributed by atoms with Gasteiger partial charge in [-0.2, -0.15) is 5.10 Å². The summed E-state index contributed by atoms with van der Waals surface area (Å²) in [6, 6.07) is 5.36. The molecule has 0 bridgehead atoms. The van der Waals surface area contributed by atoms with Gasteiger partial charge in [0.25, 0.3) is 5.91 Å². The monoisotopic (exact) mass is 244 g/mol. The zero-order chi connectivity index (χ0) is 13.1. The lowest BCUT2D eigenvalue weighted by Gasteiger charge is -2.03. The molecular formula is C13H16N4O. The summed E-state index contributed by atoms with van der Waals surface area (Å²) in [6.07, 6.45) is 1.67. The standard InChI is InChI=1S/C13H16N4O/c1-4-17-10(3)8-12(16-17)13(18)15-11-5-6-14-9(2)7-11/h5-8H,4H2,1-3H3,(H,14,15,18). The lowest BCUT2D eigenvalue weighted by Crippen LogP contribution is -2.13. The lowest BCUT2D eigenvalue weighted by molar-refractivity contribution is 0.102. The molecule has 0 fully saturated rings. The highest BCUT2D eigenvalue weighted by Crippen LogP contribution is 2.10. The summed E-state index contributed by atoms with van der Waals surface area (Å²) < 4.78 is 1.80. The fraction of sp³-hybridized carbons (Fsp3) is 0.308. The first-order chi connectivity index (χ1) is 8.60. The van der Waals surface area contributed by atoms with Crippen molar-refractivity contribution in [3.8, 4) is 0 Å². The van der Waals surface area contributed by atoms with Gasteiger partial charge in [-0.25, -0.2) is 0 Å². The van der Waals surface area contributed by atoms with Gasteiger partial charge in [0.1, 0.15) is 0 Å². The second-order valence-corrected chi connectivity index (χ2v) is 4.13. The molecule has 1 N–H and O–H groups in total. The number of rotatable bonds is 3. The van der Waals surface area contributed by atoms with Crippen LogP contribution in [0.15, 0.2) is 24.4 Å². The summed E-state index contributed by atoms with van der Waals surface area (Å²) in [4.78, 5) is 16.1. The van der Waals surface area contributed by atoms with E-state index in [1.807, 2.05) is 26.8 Å². The number of aryl methyl sites for hydroxylation is 3. The van der Waals surface area contributed by atoms with Gasteiger partial charge < -0.3 is 5.32 Å². The Bertz CT molecular complexity index is 574. The number of nitrogens with zero attached hydrogens (tertiary/aromatic N) is 3. The molecule has 94 valence electrons. The van der Waals surface area contributed by atoms with Crippen LogP contribution < -0.4 is 5.32 Å². The molecular weight excluding hydrogens is 228 g/mol. The zero-order valence-electron chi connectivity index (χ0n) is 10.8. The molecule has 2 rings (SSSR count). The molecule has 0 spiro atoms. The number of carbonyl (C=O) groups excluding carboxylic acids is 1. The molecule has 0 aliphatic carbocycles. The highest BCUT2D eigenvalue weighted by Gasteiger charge is 2.11. The van der Waals surface area contributed by atoms with Crippen molar-refractivity contribution in [2.24, 2.45) is 0 Å². The maximum absolute atomic E-state index is 12.0. The maximum Gasteiger partial charge on any atom is 0.276 e. The van der Waals surface area contributed by atoms with E-state index < -0.39 is 0 Å². The minimum Gasteiger partial charge on any atom is -0.320 e. The Morgan fingerprint density at radius 2 is 2.17 bits per heavy atom. The number of hydrogen-bond acceptors (Lipinski definition) is 3. The topological polar surface area (TPSA) is 59.8 Å². The number of carbonyl (C=O) groups is 1. The van der Waals surface area contributed by atoms with Crippen LogP contribution >= 0.6 is 0 Å². The number of nitrogens with one attached hydrogen (secondary N) is 1. The normalized spacial score (nSPS) is 10.4. The van der Waals surface area contributed by atoms with E-state index in [9.17, 15) is 4.79 Å². The molecule has 0 atom stereocenters. The molecule has 0 saturated carbocycles. The van der Waals surface area contributed by atoms with Gasteiger partial charge in [0.2, 0.25) is 0 Å². The fourth-order valence-electron chi connectivity index (χ4n) is 1.76. The quantitative estimate of drug-likeness (QED) is 0.900. The Balaban J connectivity index is 2.16. The van der Waals surface area contributed by atoms with Gasteiger partial charge in [0.15, 0.2) is 5.69 Å². The fourth-order valence-corrected chi connectivity index (χ4v) is 1.76. The average Bonchev–Trinajstić information content (AvgIpc) is 2.70. The molecule has 0 aliphatic heterocycles. The number of anilines is 1. The summed E-state index contributed by atoms with van der Waals surface area (Å²) in [7, 11) is 0. The van der Waals surface area contributed by atoms with Crippen molar-refractivity contribution in [3.05, 3.63) is 41.5 Å². The van der Waals surface area contributed by atoms with Gasteiger partial charge in [0, 0.05) is 29.8 Å². The molecule has 5 heteroatoms. The predicted octanol–water partition coefficient (Wildman–Crippen LogP) is 2.17. The Hall–Kier alpha value is -2.17. The number of aromatic nitrogens is 3. The molecule has 5 nitrogen and oxygen atoms in total. The number of hydrogen-bond donors (Lipinski definition) is 1. The molecule has 0 aromatic carbocycles. The SMILES string of the molecule is CCn1nc(C(=O)Nc2ccnc(C)c2)cc1C. The van der Waals surface area contributed by atoms with Crippen LogP contribution in [0.2, 0.25) is 0 Å². The molecule has 1 amide bonds. The average molecular weight is 244 g/mol. The minimum absolute atomic E-state index is 0.198. The van der Waals surface area contributed by atoms with Crippen molar-refractivity contribution in [2.45, 2.75) is 27.3 Å². The van der Waals surface area contributed by atoms with Gasteiger partial charge in [0.05, 0.1) is 0 Å². The van der Waals surface area contributed by atoms with Crippen molar-refractivity contribution < 1.29 is 4.79 Å². The van der Waals surface area contributed by atoms with E-state index in [0.717, 1.165) is 23.6 Å². The molecule has 0 radical (unpaired) electrons. The van der Waals surface area contributed by atoms with Crippen LogP contribution in [0.25, 0.3) is 0 Å². The van der Waals surface area contributed by atoms with Crippen molar-refractivity contribution >= 4 is 11.6 Å². The summed E-state index contributed by atoms with van der Waals surface area (Å²) in [5.41, 5.74) is 3.01. The Kier molecular flexibility index (Phi) is 3.41. The smallest absolute Gasteiger partial charge is 0.276 e. The summed E-state index contributed by atoms with van der Waals surface area (Å²) in [5, 5.41) is 7.04. The Morgan fingerprint density at radius 1 is 1.39 bits per heavy atom. The van der Waals surface area contributed by atoms with Gasteiger partial charge in [-0.15, -0.1) is 0 Å². The van der Waals surface area contributed by atoms with E-state index in [-0.39, 0.29) is 5.91 Å². The van der Waals surface area contributed by atoms with E-state index in [1.54, 1.807) is 23.0 Å². The molecule has 0 unspecified atom stereocenters. The summed E-state index contributed by atoms with van der Waals surface area (Å²) >= 11 is 0. The zero-order valence-corrected chi connectivity index (χ0v) is 10.8. The Morgan fingerprint density at radius 3 is 2.78 bits per heavy atom. The molecule has 0 aliphatic rings. The molecule has 2 aromatic heterocycles. The lowest BCUT2D eigenvalue weighted by atomic mass is 10.3. The summed E-state index contributed by atoms with van der Waals surface area (Å²) in [5.74, 6) is -0.198. The highest BCUT2D eigenvalue weighted by atomic mass is 16.1. The highest BCUT2D eigenvalue weighted by molar-refractivity contribution is 6.02. The van der Waals surface area contributed by atoms with Gasteiger partial charge in [-0.3, -0.25) is 14.5 Å². The van der Waals surface area contributed by atoms with E-state index >= 15 is 0 Å².